The number of ether oxygens (including phenoxy) is 4. The molecule has 9 nitrogen and oxygen atoms in total. The molecule has 1 aromatic heterocycles. The maximum absolute atomic E-state index is 11.9. The van der Waals surface area contributed by atoms with Gasteiger partial charge in [-0.25, -0.2) is 0 Å². The number of nitrogens with zero attached hydrogens (tertiary/aromatic N) is 2. The fraction of sp³-hybridized carbons (Fsp3) is 0.208. The van der Waals surface area contributed by atoms with E-state index >= 15 is 0 Å². The lowest BCUT2D eigenvalue weighted by Gasteiger charge is -2.24. The molecule has 0 amide bonds. The Morgan fingerprint density at radius 1 is 1.20 bits per heavy atom. The number of nitriles is 1. The average Bonchev–Trinajstić information content (AvgIpc) is 3.25. The van der Waals surface area contributed by atoms with Crippen LogP contribution in [-0.2, 0) is 22.6 Å². The van der Waals surface area contributed by atoms with E-state index in [1.165, 1.54) is 14.2 Å². The van der Waals surface area contributed by atoms with Gasteiger partial charge in [0.1, 0.15) is 18.2 Å². The van der Waals surface area contributed by atoms with Crippen molar-refractivity contribution in [2.24, 2.45) is 5.73 Å². The molecule has 11 heteroatoms. The molecular formula is C24H20Cl2N4O5. The van der Waals surface area contributed by atoms with Crippen LogP contribution in [0.15, 0.2) is 47.9 Å². The van der Waals surface area contributed by atoms with Gasteiger partial charge in [-0.15, -0.1) is 5.10 Å². The monoisotopic (exact) mass is 514 g/mol. The number of rotatable bonds is 7. The number of nitrogens with two attached hydrogens (primary N) is 1. The highest BCUT2D eigenvalue weighted by molar-refractivity contribution is 6.42. The zero-order valence-corrected chi connectivity index (χ0v) is 20.2. The number of H-pyrrole nitrogens is 1. The third-order valence-electron chi connectivity index (χ3n) is 5.47. The van der Waals surface area contributed by atoms with Crippen LogP contribution in [0.1, 0.15) is 28.3 Å². The average molecular weight is 515 g/mol. The molecule has 0 saturated heterocycles. The van der Waals surface area contributed by atoms with E-state index in [2.05, 4.69) is 16.3 Å². The number of nitrogens with one attached hydrogen (secondary N) is 1. The first-order chi connectivity index (χ1) is 16.9. The first-order valence-corrected chi connectivity index (χ1v) is 11.1. The van der Waals surface area contributed by atoms with E-state index in [0.717, 1.165) is 5.56 Å². The van der Waals surface area contributed by atoms with Gasteiger partial charge in [0, 0.05) is 0 Å². The Labute approximate surface area is 210 Å². The van der Waals surface area contributed by atoms with Gasteiger partial charge < -0.3 is 24.7 Å². The number of halogens is 2. The van der Waals surface area contributed by atoms with Crippen molar-refractivity contribution in [2.75, 3.05) is 14.2 Å². The minimum absolute atomic E-state index is 0.0694. The third-order valence-corrected chi connectivity index (χ3v) is 6.21. The molecule has 3 N–H and O–H groups in total. The lowest BCUT2D eigenvalue weighted by Crippen LogP contribution is -2.22. The van der Waals surface area contributed by atoms with Gasteiger partial charge in [-0.3, -0.25) is 9.89 Å². The lowest BCUT2D eigenvalue weighted by molar-refractivity contribution is -0.139. The summed E-state index contributed by atoms with van der Waals surface area (Å²) in [5, 5.41) is 17.6. The summed E-state index contributed by atoms with van der Waals surface area (Å²) >= 11 is 12.1. The van der Waals surface area contributed by atoms with Crippen LogP contribution in [0.5, 0.6) is 17.4 Å². The summed E-state index contributed by atoms with van der Waals surface area (Å²) in [6, 6.07) is 12.6. The van der Waals surface area contributed by atoms with Crippen LogP contribution in [0.25, 0.3) is 0 Å². The molecule has 1 atom stereocenters. The van der Waals surface area contributed by atoms with E-state index in [-0.39, 0.29) is 30.4 Å². The van der Waals surface area contributed by atoms with E-state index in [4.69, 9.17) is 47.9 Å². The van der Waals surface area contributed by atoms with Gasteiger partial charge >= 0.3 is 5.97 Å². The molecule has 35 heavy (non-hydrogen) atoms. The zero-order valence-electron chi connectivity index (χ0n) is 18.7. The highest BCUT2D eigenvalue weighted by Crippen LogP contribution is 2.45. The summed E-state index contributed by atoms with van der Waals surface area (Å²) in [6.45, 7) is 0.231. The van der Waals surface area contributed by atoms with Crippen molar-refractivity contribution in [1.82, 2.24) is 10.2 Å². The normalized spacial score (nSPS) is 14.5. The van der Waals surface area contributed by atoms with E-state index in [1.54, 1.807) is 30.3 Å². The highest BCUT2D eigenvalue weighted by atomic mass is 35.5. The minimum atomic E-state index is -0.653. The first kappa shape index (κ1) is 24.3. The Kier molecular flexibility index (Phi) is 7.05. The first-order valence-electron chi connectivity index (χ1n) is 10.3. The van der Waals surface area contributed by atoms with E-state index in [1.807, 2.05) is 6.07 Å². The summed E-state index contributed by atoms with van der Waals surface area (Å²) in [7, 11) is 2.80. The van der Waals surface area contributed by atoms with Crippen molar-refractivity contribution in [3.8, 4) is 23.4 Å². The SMILES string of the molecule is COC(=O)Cc1[nH]nc2c1C(c1ccc(OCc3ccc(Cl)c(Cl)c3)c(OC)c1)C(C#N)=C(N)O2. The van der Waals surface area contributed by atoms with Crippen LogP contribution in [-0.4, -0.2) is 30.4 Å². The number of carbonyl (C=O) groups is 1. The predicted octanol–water partition coefficient (Wildman–Crippen LogP) is 4.24. The Morgan fingerprint density at radius 3 is 2.69 bits per heavy atom. The Morgan fingerprint density at radius 2 is 2.00 bits per heavy atom. The number of esters is 1. The van der Waals surface area contributed by atoms with Gasteiger partial charge in [-0.05, 0) is 35.4 Å². The van der Waals surface area contributed by atoms with Gasteiger partial charge in [0.25, 0.3) is 0 Å². The van der Waals surface area contributed by atoms with Crippen molar-refractivity contribution >= 4 is 29.2 Å². The second-order valence-corrected chi connectivity index (χ2v) is 8.36. The van der Waals surface area contributed by atoms with Gasteiger partial charge in [0.2, 0.25) is 11.8 Å². The number of methoxy groups -OCH3 is 2. The highest BCUT2D eigenvalue weighted by Gasteiger charge is 2.36. The number of carbonyl (C=O) groups excluding carboxylic acids is 1. The van der Waals surface area contributed by atoms with Crippen molar-refractivity contribution in [1.29, 1.82) is 5.26 Å². The molecule has 0 saturated carbocycles. The summed E-state index contributed by atoms with van der Waals surface area (Å²) in [5.41, 5.74) is 8.66. The predicted molar refractivity (Wildman–Crippen MR) is 127 cm³/mol. The molecule has 180 valence electrons. The summed E-state index contributed by atoms with van der Waals surface area (Å²) in [4.78, 5) is 11.9. The maximum Gasteiger partial charge on any atom is 0.311 e. The zero-order chi connectivity index (χ0) is 25.1. The minimum Gasteiger partial charge on any atom is -0.493 e. The number of hydrogen-bond acceptors (Lipinski definition) is 8. The summed E-state index contributed by atoms with van der Waals surface area (Å²) in [5.74, 6) is -0.0964. The van der Waals surface area contributed by atoms with Crippen molar-refractivity contribution in [2.45, 2.75) is 18.9 Å². The molecule has 0 bridgehead atoms. The number of fused-ring (bicyclic) bond motifs is 1. The smallest absolute Gasteiger partial charge is 0.311 e. The quantitative estimate of drug-likeness (QED) is 0.447. The standard InChI is InChI=1S/C24H20Cl2N4O5/c1-32-19-8-13(4-6-18(19)34-11-12-3-5-15(25)16(26)7-12)21-14(10-27)23(28)35-24-22(21)17(29-30-24)9-20(31)33-2/h3-8,21H,9,11,28H2,1-2H3,(H,29,30). The Balaban J connectivity index is 1.69. The Bertz CT molecular complexity index is 1360. The number of aromatic nitrogens is 2. The topological polar surface area (TPSA) is 132 Å². The second kappa shape index (κ2) is 10.2. The molecule has 1 unspecified atom stereocenters. The van der Waals surface area contributed by atoms with Gasteiger partial charge in [0.15, 0.2) is 11.5 Å². The van der Waals surface area contributed by atoms with Gasteiger partial charge in [0.05, 0.1) is 47.9 Å². The molecule has 1 aliphatic heterocycles. The van der Waals surface area contributed by atoms with Crippen LogP contribution in [0.4, 0.5) is 0 Å². The van der Waals surface area contributed by atoms with Gasteiger partial charge in [-0.2, -0.15) is 5.26 Å². The maximum atomic E-state index is 11.9. The number of benzene rings is 2. The van der Waals surface area contributed by atoms with Crippen molar-refractivity contribution in [3.63, 3.8) is 0 Å². The molecule has 2 heterocycles. The van der Waals surface area contributed by atoms with E-state index in [9.17, 15) is 10.1 Å². The largest absolute Gasteiger partial charge is 0.493 e. The molecule has 0 radical (unpaired) electrons. The Hall–Kier alpha value is -3.87. The van der Waals surface area contributed by atoms with E-state index < -0.39 is 11.9 Å². The van der Waals surface area contributed by atoms with Crippen LogP contribution < -0.4 is 19.9 Å². The number of allylic oxidation sites excluding steroid dienone is 1. The van der Waals surface area contributed by atoms with Crippen LogP contribution in [0.3, 0.4) is 0 Å². The number of hydrogen-bond donors (Lipinski definition) is 2. The molecule has 1 aliphatic rings. The molecule has 0 aliphatic carbocycles. The van der Waals surface area contributed by atoms with Gasteiger partial charge in [-0.1, -0.05) is 35.3 Å². The van der Waals surface area contributed by atoms with Crippen LogP contribution >= 0.6 is 23.2 Å². The van der Waals surface area contributed by atoms with Crippen LogP contribution in [0.2, 0.25) is 10.0 Å². The molecule has 0 spiro atoms. The molecule has 4 rings (SSSR count). The van der Waals surface area contributed by atoms with Crippen molar-refractivity contribution in [3.05, 3.63) is 80.3 Å². The van der Waals surface area contributed by atoms with Crippen molar-refractivity contribution < 1.29 is 23.7 Å². The lowest BCUT2D eigenvalue weighted by atomic mass is 9.83. The summed E-state index contributed by atoms with van der Waals surface area (Å²) < 4.78 is 21.8. The second-order valence-electron chi connectivity index (χ2n) is 7.55. The fourth-order valence-electron chi connectivity index (χ4n) is 3.77. The molecule has 3 aromatic rings. The molecule has 2 aromatic carbocycles. The molecular weight excluding hydrogens is 495 g/mol. The third kappa shape index (κ3) is 4.85. The molecule has 0 fully saturated rings. The van der Waals surface area contributed by atoms with E-state index in [0.29, 0.717) is 38.4 Å². The summed E-state index contributed by atoms with van der Waals surface area (Å²) in [6.07, 6.45) is -0.0840. The fourth-order valence-corrected chi connectivity index (χ4v) is 4.09. The number of aromatic amines is 1. The van der Waals surface area contributed by atoms with Crippen LogP contribution in [0, 0.1) is 11.3 Å².